The Bertz CT molecular complexity index is 1400. The van der Waals surface area contributed by atoms with Crippen LogP contribution in [0, 0.1) is 0 Å². The maximum atomic E-state index is 12.5. The van der Waals surface area contributed by atoms with Crippen LogP contribution in [-0.4, -0.2) is 162 Å². The highest BCUT2D eigenvalue weighted by molar-refractivity contribution is 8.32. The van der Waals surface area contributed by atoms with Gasteiger partial charge < -0.3 is 102 Å². The average molecular weight is 924 g/mol. The van der Waals surface area contributed by atoms with Gasteiger partial charge in [0.15, 0.2) is 6.80 Å². The molecule has 0 aromatic rings. The number of rotatable bonds is 18. The first kappa shape index (κ1) is 50.3. The van der Waals surface area contributed by atoms with Gasteiger partial charge in [0.05, 0.1) is 56.9 Å². The molecule has 0 aliphatic carbocycles. The summed E-state index contributed by atoms with van der Waals surface area (Å²) >= 11 is 19.1. The van der Waals surface area contributed by atoms with E-state index >= 15 is 0 Å². The van der Waals surface area contributed by atoms with Crippen molar-refractivity contribution in [3.8, 4) is 0 Å². The molecule has 4 saturated heterocycles. The summed E-state index contributed by atoms with van der Waals surface area (Å²) in [6.07, 6.45) is -9.94. The molecule has 4 N–H and O–H groups in total. The van der Waals surface area contributed by atoms with Gasteiger partial charge in [-0.05, 0) is 13.8 Å². The molecular formula is C24H42B2O20P4S4-4. The van der Waals surface area contributed by atoms with Gasteiger partial charge in [-0.25, -0.2) is 0 Å². The van der Waals surface area contributed by atoms with Gasteiger partial charge in [0.25, 0.3) is 0 Å². The molecule has 0 spiro atoms. The molecule has 4 heterocycles. The minimum absolute atomic E-state index is 0.201. The molecule has 4 rings (SSSR count). The van der Waals surface area contributed by atoms with Crippen LogP contribution in [0.25, 0.3) is 0 Å². The van der Waals surface area contributed by atoms with Crippen molar-refractivity contribution < 1.29 is 94.8 Å². The van der Waals surface area contributed by atoms with Crippen molar-refractivity contribution in [2.75, 3.05) is 40.6 Å². The van der Waals surface area contributed by atoms with Gasteiger partial charge in [0.2, 0.25) is 0 Å². The van der Waals surface area contributed by atoms with Crippen molar-refractivity contribution in [3.05, 3.63) is 0 Å². The third-order valence-corrected chi connectivity index (χ3v) is 14.6. The lowest BCUT2D eigenvalue weighted by atomic mass is 9.93. The maximum Gasteiger partial charge on any atom is 0.200 e. The number of ether oxygens (including phenoxy) is 4. The molecule has 312 valence electrons. The van der Waals surface area contributed by atoms with Gasteiger partial charge in [-0.1, -0.05) is 35.4 Å². The Labute approximate surface area is 336 Å². The normalized spacial score (nSPS) is 41.3. The van der Waals surface area contributed by atoms with Crippen molar-refractivity contribution in [2.45, 2.75) is 112 Å². The number of aliphatic hydroxyl groups is 4. The molecule has 0 aromatic carbocycles. The zero-order valence-electron chi connectivity index (χ0n) is 29.2. The molecule has 0 aromatic heterocycles. The van der Waals surface area contributed by atoms with Gasteiger partial charge in [-0.3, -0.25) is 4.57 Å². The highest BCUT2D eigenvalue weighted by atomic mass is 32.7. The fourth-order valence-electron chi connectivity index (χ4n) is 5.49. The molecule has 0 bridgehead atoms. The zero-order chi connectivity index (χ0) is 40.8. The van der Waals surface area contributed by atoms with Crippen LogP contribution >= 0.6 is 27.0 Å². The van der Waals surface area contributed by atoms with E-state index in [1.54, 1.807) is 6.92 Å². The average Bonchev–Trinajstić information content (AvgIpc) is 3.79. The molecule has 20 nitrogen and oxygen atoms in total. The van der Waals surface area contributed by atoms with E-state index in [2.05, 4.69) is 21.3 Å². The van der Waals surface area contributed by atoms with Gasteiger partial charge in [-0.2, -0.15) is 0 Å². The molecule has 18 atom stereocenters. The molecular weight excluding hydrogens is 882 g/mol. The van der Waals surface area contributed by atoms with E-state index in [0.29, 0.717) is 6.42 Å². The Morgan fingerprint density at radius 2 is 1.31 bits per heavy atom. The largest absolute Gasteiger partial charge is 0.780 e. The summed E-state index contributed by atoms with van der Waals surface area (Å²) in [4.78, 5) is 36.7. The van der Waals surface area contributed by atoms with Gasteiger partial charge in [0, 0.05) is 39.1 Å². The van der Waals surface area contributed by atoms with Crippen molar-refractivity contribution in [1.29, 1.82) is 0 Å². The van der Waals surface area contributed by atoms with Crippen LogP contribution in [0.3, 0.4) is 0 Å². The summed E-state index contributed by atoms with van der Waals surface area (Å²) in [6, 6.07) is -2.04. The van der Waals surface area contributed by atoms with E-state index in [4.69, 9.17) is 107 Å². The summed E-state index contributed by atoms with van der Waals surface area (Å²) in [6.45, 7) is -13.7. The molecule has 4 radical (unpaired) electrons. The lowest BCUT2D eigenvalue weighted by Gasteiger charge is -2.34. The van der Waals surface area contributed by atoms with Crippen molar-refractivity contribution in [3.63, 3.8) is 0 Å². The fourth-order valence-corrected chi connectivity index (χ4v) is 10.3. The SMILES string of the molecule is [B][C@@H]1O[C@H](CO)C(O)[C@@H]1OP([O-])(=S)OC[C@H]1O[C@@H](C)[C@@H](O)C1OP(=O)([S-])OC.[B][C@@H]1O[C@H](CO)C[C@@H]1OP([O-])(=S)OC[C@H]1O[C@@H](C)CC1OP([O-])(=S)OC. The Morgan fingerprint density at radius 3 is 1.85 bits per heavy atom. The number of aliphatic hydroxyl groups excluding tert-OH is 4. The van der Waals surface area contributed by atoms with Crippen LogP contribution in [0.1, 0.15) is 26.7 Å². The maximum absolute atomic E-state index is 12.5. The predicted octanol–water partition coefficient (Wildman–Crippen LogP) is -2.90. The van der Waals surface area contributed by atoms with Crippen LogP contribution in [0.15, 0.2) is 0 Å². The van der Waals surface area contributed by atoms with Crippen molar-refractivity contribution in [1.82, 2.24) is 0 Å². The first-order valence-electron chi connectivity index (χ1n) is 16.0. The second-order valence-electron chi connectivity index (χ2n) is 12.2. The summed E-state index contributed by atoms with van der Waals surface area (Å²) in [7, 11) is 13.6. The third-order valence-electron chi connectivity index (χ3n) is 8.20. The van der Waals surface area contributed by atoms with Crippen LogP contribution < -0.4 is 14.7 Å². The van der Waals surface area contributed by atoms with E-state index in [-0.39, 0.29) is 25.7 Å². The van der Waals surface area contributed by atoms with E-state index in [9.17, 15) is 29.5 Å². The van der Waals surface area contributed by atoms with E-state index in [1.165, 1.54) is 14.0 Å². The highest BCUT2D eigenvalue weighted by Crippen LogP contribution is 2.50. The van der Waals surface area contributed by atoms with Crippen LogP contribution in [0.2, 0.25) is 0 Å². The summed E-state index contributed by atoms with van der Waals surface area (Å²) in [5.74, 6) is 0. The molecule has 7 unspecified atom stereocenters. The Morgan fingerprint density at radius 1 is 0.722 bits per heavy atom. The molecule has 0 saturated carbocycles. The fraction of sp³-hybridized carbons (Fsp3) is 1.00. The van der Waals surface area contributed by atoms with Crippen LogP contribution in [0.4, 0.5) is 0 Å². The first-order valence-corrected chi connectivity index (χ1v) is 26.3. The molecule has 0 amide bonds. The van der Waals surface area contributed by atoms with E-state index < -0.39 is 119 Å². The third kappa shape index (κ3) is 15.1. The van der Waals surface area contributed by atoms with Crippen LogP contribution in [-0.2, 0) is 107 Å². The molecule has 4 aliphatic heterocycles. The summed E-state index contributed by atoms with van der Waals surface area (Å²) in [5, 5.41) is 38.3. The summed E-state index contributed by atoms with van der Waals surface area (Å²) < 4.78 is 73.6. The monoisotopic (exact) mass is 924 g/mol. The topological polar surface area (TPSA) is 278 Å². The van der Waals surface area contributed by atoms with Crippen molar-refractivity contribution >= 4 is 90.3 Å². The second kappa shape index (κ2) is 21.6. The van der Waals surface area contributed by atoms with Crippen LogP contribution in [0.5, 0.6) is 0 Å². The summed E-state index contributed by atoms with van der Waals surface area (Å²) in [5.41, 5.74) is 0. The van der Waals surface area contributed by atoms with Gasteiger partial charge in [-0.15, -0.1) is 0 Å². The van der Waals surface area contributed by atoms with Crippen molar-refractivity contribution in [2.24, 2.45) is 0 Å². The Kier molecular flexibility index (Phi) is 20.1. The Balaban J connectivity index is 0.000000291. The molecule has 4 aliphatic rings. The van der Waals surface area contributed by atoms with Gasteiger partial charge >= 0.3 is 0 Å². The zero-order valence-corrected chi connectivity index (χ0v) is 36.1. The smallest absolute Gasteiger partial charge is 0.200 e. The standard InChI is InChI=1S/C12H23BO11P2S2.C12H23BO9P2S2/c1-5-8(15)10(23-25(17,27)19-2)7(21-5)4-20-26(18,28)24-11-9(16)6(3-14)22-12(11)13;1-7-3-9(21-23(15,25)17-2)11(19-7)6-18-24(16,26)22-10-4-8(5-14)20-12(10)13/h5-12,14-16H,3-4H2,1-2H3,(H,17,27)(H,18,28);7-12,14H,3-6H2,1-2H3,(H,15,25)(H,16,26)/p-4/t5-,6+,7+,8+,9?,10?,11-,12+,25?,26?;7-,8-,9?,10-,11+,12+,23?,24?/m00/s1. The predicted molar refractivity (Wildman–Crippen MR) is 196 cm³/mol. The lowest BCUT2D eigenvalue weighted by molar-refractivity contribution is -0.217. The number of hydrogen-bond donors (Lipinski definition) is 4. The van der Waals surface area contributed by atoms with Gasteiger partial charge in [0.1, 0.15) is 78.6 Å². The molecule has 54 heavy (non-hydrogen) atoms. The van der Waals surface area contributed by atoms with E-state index in [0.717, 1.165) is 7.11 Å². The first-order chi connectivity index (χ1) is 25.0. The minimum Gasteiger partial charge on any atom is -0.780 e. The number of hydrogen-bond acceptors (Lipinski definition) is 24. The molecule has 4 fully saturated rings. The second-order valence-corrected chi connectivity index (χ2v) is 23.3. The quantitative estimate of drug-likeness (QED) is 0.0610. The molecule has 30 heteroatoms. The lowest BCUT2D eigenvalue weighted by Crippen LogP contribution is -2.38. The minimum atomic E-state index is -4.19. The highest BCUT2D eigenvalue weighted by Gasteiger charge is 2.46. The Hall–Kier alpha value is 1.90. The van der Waals surface area contributed by atoms with E-state index in [1.807, 2.05) is 0 Å².